The van der Waals surface area contributed by atoms with Crippen molar-refractivity contribution in [2.45, 2.75) is 26.8 Å². The van der Waals surface area contributed by atoms with Crippen molar-refractivity contribution in [3.05, 3.63) is 63.9 Å². The Hall–Kier alpha value is -1.54. The number of rotatable bonds is 3. The van der Waals surface area contributed by atoms with Crippen LogP contribution in [0.5, 0.6) is 0 Å². The van der Waals surface area contributed by atoms with Gasteiger partial charge in [-0.2, -0.15) is 0 Å². The number of hydrogen-bond donors (Lipinski definition) is 1. The number of anilines is 1. The number of nitrogens with one attached hydrogen (secondary N) is 1. The Morgan fingerprint density at radius 2 is 1.84 bits per heavy atom. The average molecular weight is 278 g/mol. The van der Waals surface area contributed by atoms with Crippen LogP contribution >= 0.6 is 11.6 Å². The van der Waals surface area contributed by atoms with Crippen LogP contribution in [0.25, 0.3) is 0 Å². The van der Waals surface area contributed by atoms with Crippen molar-refractivity contribution in [1.29, 1.82) is 0 Å². The van der Waals surface area contributed by atoms with E-state index in [0.717, 1.165) is 0 Å². The highest BCUT2D eigenvalue weighted by molar-refractivity contribution is 6.33. The molecule has 0 heterocycles. The van der Waals surface area contributed by atoms with Gasteiger partial charge < -0.3 is 5.32 Å². The lowest BCUT2D eigenvalue weighted by molar-refractivity contribution is 0.628. The van der Waals surface area contributed by atoms with Gasteiger partial charge in [-0.1, -0.05) is 35.4 Å². The van der Waals surface area contributed by atoms with Crippen molar-refractivity contribution in [2.75, 3.05) is 5.32 Å². The van der Waals surface area contributed by atoms with E-state index in [-0.39, 0.29) is 11.9 Å². The van der Waals surface area contributed by atoms with Gasteiger partial charge in [0.15, 0.2) is 0 Å². The fourth-order valence-corrected chi connectivity index (χ4v) is 2.40. The Labute approximate surface area is 118 Å². The highest BCUT2D eigenvalue weighted by Crippen LogP contribution is 2.28. The molecule has 2 aromatic rings. The van der Waals surface area contributed by atoms with E-state index >= 15 is 0 Å². The minimum atomic E-state index is -0.292. The Kier molecular flexibility index (Phi) is 4.11. The van der Waals surface area contributed by atoms with Crippen molar-refractivity contribution in [3.8, 4) is 0 Å². The Morgan fingerprint density at radius 1 is 1.11 bits per heavy atom. The normalized spacial score (nSPS) is 12.3. The molecular weight excluding hydrogens is 261 g/mol. The monoisotopic (exact) mass is 277 g/mol. The molecule has 0 saturated heterocycles. The average Bonchev–Trinajstić information content (AvgIpc) is 2.33. The van der Waals surface area contributed by atoms with E-state index in [4.69, 9.17) is 11.6 Å². The fourth-order valence-electron chi connectivity index (χ4n) is 2.23. The second-order valence-electron chi connectivity index (χ2n) is 4.85. The van der Waals surface area contributed by atoms with Crippen LogP contribution in [0.1, 0.15) is 29.7 Å². The molecule has 0 bridgehead atoms. The first kappa shape index (κ1) is 13.9. The molecule has 1 atom stereocenters. The summed E-state index contributed by atoms with van der Waals surface area (Å²) in [6.45, 7) is 6.19. The summed E-state index contributed by atoms with van der Waals surface area (Å²) in [7, 11) is 0. The summed E-state index contributed by atoms with van der Waals surface area (Å²) >= 11 is 6.06. The minimum absolute atomic E-state index is 0.0694. The van der Waals surface area contributed by atoms with Crippen LogP contribution in [-0.4, -0.2) is 0 Å². The van der Waals surface area contributed by atoms with Gasteiger partial charge in [-0.25, -0.2) is 4.39 Å². The lowest BCUT2D eigenvalue weighted by Gasteiger charge is -2.19. The summed E-state index contributed by atoms with van der Waals surface area (Å²) in [4.78, 5) is 0. The van der Waals surface area contributed by atoms with Crippen molar-refractivity contribution in [3.63, 3.8) is 0 Å². The molecule has 0 fully saturated rings. The molecule has 0 aliphatic heterocycles. The summed E-state index contributed by atoms with van der Waals surface area (Å²) in [5.74, 6) is -0.292. The molecule has 100 valence electrons. The Bertz CT molecular complexity index is 595. The molecule has 0 aromatic heterocycles. The van der Waals surface area contributed by atoms with Gasteiger partial charge in [0, 0.05) is 6.04 Å². The molecule has 0 aliphatic rings. The van der Waals surface area contributed by atoms with Crippen molar-refractivity contribution < 1.29 is 4.39 Å². The first-order valence-corrected chi connectivity index (χ1v) is 6.64. The zero-order valence-corrected chi connectivity index (χ0v) is 12.1. The van der Waals surface area contributed by atoms with Gasteiger partial charge in [-0.15, -0.1) is 0 Å². The zero-order valence-electron chi connectivity index (χ0n) is 11.3. The number of hydrogen-bond acceptors (Lipinski definition) is 1. The summed E-state index contributed by atoms with van der Waals surface area (Å²) < 4.78 is 13.2. The molecule has 1 nitrogen and oxygen atoms in total. The van der Waals surface area contributed by atoms with E-state index in [1.165, 1.54) is 28.8 Å². The molecule has 2 aromatic carbocycles. The van der Waals surface area contributed by atoms with Gasteiger partial charge in [0.25, 0.3) is 0 Å². The predicted octanol–water partition coefficient (Wildman–Crippen LogP) is 5.27. The first-order valence-electron chi connectivity index (χ1n) is 6.26. The Balaban J connectivity index is 2.25. The second kappa shape index (κ2) is 5.62. The summed E-state index contributed by atoms with van der Waals surface area (Å²) in [5.41, 5.74) is 4.25. The largest absolute Gasteiger partial charge is 0.377 e. The van der Waals surface area contributed by atoms with Crippen molar-refractivity contribution >= 4 is 17.3 Å². The van der Waals surface area contributed by atoms with Gasteiger partial charge in [0.05, 0.1) is 10.7 Å². The standard InChI is InChI=1S/C16H17ClFN/c1-10-4-6-14(11(2)8-10)12(3)19-16-9-13(18)5-7-15(16)17/h4-9,12,19H,1-3H3. The van der Waals surface area contributed by atoms with Gasteiger partial charge in [-0.05, 0) is 50.1 Å². The Morgan fingerprint density at radius 3 is 2.53 bits per heavy atom. The van der Waals surface area contributed by atoms with Crippen LogP contribution in [0.2, 0.25) is 5.02 Å². The third-order valence-corrected chi connectivity index (χ3v) is 3.52. The number of benzene rings is 2. The smallest absolute Gasteiger partial charge is 0.125 e. The SMILES string of the molecule is Cc1ccc(C(C)Nc2cc(F)ccc2Cl)c(C)c1. The summed E-state index contributed by atoms with van der Waals surface area (Å²) in [6, 6.07) is 10.7. The quantitative estimate of drug-likeness (QED) is 0.806. The van der Waals surface area contributed by atoms with Crippen molar-refractivity contribution in [1.82, 2.24) is 0 Å². The maximum Gasteiger partial charge on any atom is 0.125 e. The van der Waals surface area contributed by atoms with Crippen molar-refractivity contribution in [2.24, 2.45) is 0 Å². The lowest BCUT2D eigenvalue weighted by Crippen LogP contribution is -2.09. The van der Waals surface area contributed by atoms with E-state index in [9.17, 15) is 4.39 Å². The third-order valence-electron chi connectivity index (χ3n) is 3.19. The number of halogens is 2. The van der Waals surface area contributed by atoms with E-state index in [2.05, 4.69) is 37.4 Å². The zero-order chi connectivity index (χ0) is 14.0. The highest BCUT2D eigenvalue weighted by Gasteiger charge is 2.10. The third kappa shape index (κ3) is 3.27. The van der Waals surface area contributed by atoms with E-state index in [1.54, 1.807) is 6.07 Å². The highest BCUT2D eigenvalue weighted by atomic mass is 35.5. The van der Waals surface area contributed by atoms with E-state index in [1.807, 2.05) is 6.92 Å². The molecule has 0 saturated carbocycles. The van der Waals surface area contributed by atoms with Gasteiger partial charge >= 0.3 is 0 Å². The van der Waals surface area contributed by atoms with Gasteiger partial charge in [0.2, 0.25) is 0 Å². The molecule has 0 aliphatic carbocycles. The molecule has 1 N–H and O–H groups in total. The molecule has 0 radical (unpaired) electrons. The maximum absolute atomic E-state index is 13.2. The fraction of sp³-hybridized carbons (Fsp3) is 0.250. The van der Waals surface area contributed by atoms with Crippen LogP contribution in [0.3, 0.4) is 0 Å². The molecule has 19 heavy (non-hydrogen) atoms. The molecule has 0 spiro atoms. The topological polar surface area (TPSA) is 12.0 Å². The van der Waals surface area contributed by atoms with E-state index < -0.39 is 0 Å². The molecule has 0 amide bonds. The molecular formula is C16H17ClFN. The molecule has 3 heteroatoms. The van der Waals surface area contributed by atoms with Crippen LogP contribution in [0.4, 0.5) is 10.1 Å². The summed E-state index contributed by atoms with van der Waals surface area (Å²) in [5, 5.41) is 3.78. The van der Waals surface area contributed by atoms with Crippen LogP contribution in [0.15, 0.2) is 36.4 Å². The van der Waals surface area contributed by atoms with Crippen LogP contribution < -0.4 is 5.32 Å². The molecule has 2 rings (SSSR count). The van der Waals surface area contributed by atoms with Gasteiger partial charge in [-0.3, -0.25) is 0 Å². The maximum atomic E-state index is 13.2. The molecule has 1 unspecified atom stereocenters. The first-order chi connectivity index (χ1) is 8.97. The van der Waals surface area contributed by atoms with E-state index in [0.29, 0.717) is 10.7 Å². The van der Waals surface area contributed by atoms with Crippen LogP contribution in [-0.2, 0) is 0 Å². The summed E-state index contributed by atoms with van der Waals surface area (Å²) in [6.07, 6.45) is 0. The second-order valence-corrected chi connectivity index (χ2v) is 5.26. The minimum Gasteiger partial charge on any atom is -0.377 e. The lowest BCUT2D eigenvalue weighted by atomic mass is 10.00. The van der Waals surface area contributed by atoms with Gasteiger partial charge in [0.1, 0.15) is 5.82 Å². The number of aryl methyl sites for hydroxylation is 2. The van der Waals surface area contributed by atoms with Crippen LogP contribution in [0, 0.1) is 19.7 Å². The predicted molar refractivity (Wildman–Crippen MR) is 79.4 cm³/mol.